The molecule has 4 rings (SSSR count). The van der Waals surface area contributed by atoms with Crippen LogP contribution in [0.1, 0.15) is 37.8 Å². The van der Waals surface area contributed by atoms with E-state index in [9.17, 15) is 4.79 Å². The molecule has 1 unspecified atom stereocenters. The van der Waals surface area contributed by atoms with Gasteiger partial charge in [-0.3, -0.25) is 9.48 Å². The van der Waals surface area contributed by atoms with Crippen molar-refractivity contribution in [3.05, 3.63) is 48.1 Å². The molecule has 1 aliphatic carbocycles. The van der Waals surface area contributed by atoms with E-state index in [1.54, 1.807) is 18.5 Å². The van der Waals surface area contributed by atoms with Crippen molar-refractivity contribution in [2.45, 2.75) is 45.2 Å². The number of carbonyl (C=O) groups is 1. The predicted molar refractivity (Wildman–Crippen MR) is 103 cm³/mol. The number of anilines is 1. The smallest absolute Gasteiger partial charge is 0.227 e. The van der Waals surface area contributed by atoms with E-state index in [0.29, 0.717) is 25.5 Å². The lowest BCUT2D eigenvalue weighted by atomic mass is 9.96. The van der Waals surface area contributed by atoms with Crippen molar-refractivity contribution < 1.29 is 4.79 Å². The Kier molecular flexibility index (Phi) is 5.46. The van der Waals surface area contributed by atoms with Crippen LogP contribution >= 0.6 is 0 Å². The van der Waals surface area contributed by atoms with Gasteiger partial charge in [0.05, 0.1) is 12.2 Å². The fourth-order valence-electron chi connectivity index (χ4n) is 3.85. The summed E-state index contributed by atoms with van der Waals surface area (Å²) in [6.07, 6.45) is 12.7. The third kappa shape index (κ3) is 4.53. The minimum absolute atomic E-state index is 0.221. The standard InChI is InChI=1S/C20H26N6O/c27-19(11-16-5-2-1-3-6-16)25-13-17(12-23-20-21-8-4-9-22-20)14-26-18(15-25)7-10-24-26/h4-5,7-10,17H,1-3,6,11-15H2,(H,21,22,23). The topological polar surface area (TPSA) is 75.9 Å². The summed E-state index contributed by atoms with van der Waals surface area (Å²) in [4.78, 5) is 23.4. The number of rotatable bonds is 5. The van der Waals surface area contributed by atoms with Gasteiger partial charge in [0.25, 0.3) is 0 Å². The summed E-state index contributed by atoms with van der Waals surface area (Å²) in [5, 5.41) is 7.73. The third-order valence-electron chi connectivity index (χ3n) is 5.30. The average molecular weight is 366 g/mol. The first-order valence-electron chi connectivity index (χ1n) is 9.75. The number of hydrogen-bond acceptors (Lipinski definition) is 5. The van der Waals surface area contributed by atoms with Gasteiger partial charge in [-0.1, -0.05) is 11.6 Å². The minimum Gasteiger partial charge on any atom is -0.354 e. The predicted octanol–water partition coefficient (Wildman–Crippen LogP) is 2.63. The molecule has 142 valence electrons. The number of aromatic nitrogens is 4. The molecular formula is C20H26N6O. The first-order chi connectivity index (χ1) is 13.3. The molecule has 0 spiro atoms. The van der Waals surface area contributed by atoms with Gasteiger partial charge >= 0.3 is 0 Å². The van der Waals surface area contributed by atoms with Crippen molar-refractivity contribution in [1.82, 2.24) is 24.6 Å². The van der Waals surface area contributed by atoms with E-state index in [2.05, 4.69) is 26.5 Å². The molecule has 1 N–H and O–H groups in total. The Balaban J connectivity index is 1.44. The quantitative estimate of drug-likeness (QED) is 0.823. The van der Waals surface area contributed by atoms with Gasteiger partial charge in [0.2, 0.25) is 11.9 Å². The molecule has 1 amide bonds. The second kappa shape index (κ2) is 8.33. The fourth-order valence-corrected chi connectivity index (χ4v) is 3.85. The summed E-state index contributed by atoms with van der Waals surface area (Å²) < 4.78 is 2.02. The van der Waals surface area contributed by atoms with E-state index < -0.39 is 0 Å². The molecule has 2 aliphatic rings. The van der Waals surface area contributed by atoms with Crippen LogP contribution in [0.15, 0.2) is 42.4 Å². The van der Waals surface area contributed by atoms with Gasteiger partial charge in [0, 0.05) is 50.6 Å². The summed E-state index contributed by atoms with van der Waals surface area (Å²) >= 11 is 0. The summed E-state index contributed by atoms with van der Waals surface area (Å²) in [6.45, 7) is 2.84. The minimum atomic E-state index is 0.221. The van der Waals surface area contributed by atoms with Crippen LogP contribution < -0.4 is 5.32 Å². The van der Waals surface area contributed by atoms with Gasteiger partial charge in [0.1, 0.15) is 0 Å². The van der Waals surface area contributed by atoms with Gasteiger partial charge in [-0.25, -0.2) is 9.97 Å². The van der Waals surface area contributed by atoms with Gasteiger partial charge in [-0.2, -0.15) is 5.10 Å². The average Bonchev–Trinajstić information content (AvgIpc) is 3.06. The summed E-state index contributed by atoms with van der Waals surface area (Å²) in [5.74, 6) is 1.09. The largest absolute Gasteiger partial charge is 0.354 e. The molecule has 1 aliphatic heterocycles. The highest BCUT2D eigenvalue weighted by Crippen LogP contribution is 2.23. The molecule has 0 saturated heterocycles. The second-order valence-corrected chi connectivity index (χ2v) is 7.38. The molecule has 1 atom stereocenters. The van der Waals surface area contributed by atoms with Crippen LogP contribution in [0.3, 0.4) is 0 Å². The zero-order valence-electron chi connectivity index (χ0n) is 15.5. The van der Waals surface area contributed by atoms with Crippen molar-refractivity contribution in [3.63, 3.8) is 0 Å². The molecule has 3 heterocycles. The molecular weight excluding hydrogens is 340 g/mol. The number of nitrogens with one attached hydrogen (secondary N) is 1. The van der Waals surface area contributed by atoms with E-state index in [4.69, 9.17) is 0 Å². The lowest BCUT2D eigenvalue weighted by Crippen LogP contribution is -2.36. The Hall–Kier alpha value is -2.70. The molecule has 0 bridgehead atoms. The number of carbonyl (C=O) groups excluding carboxylic acids is 1. The molecule has 7 nitrogen and oxygen atoms in total. The Morgan fingerprint density at radius 1 is 1.19 bits per heavy atom. The Labute approximate surface area is 159 Å². The maximum absolute atomic E-state index is 13.0. The van der Waals surface area contributed by atoms with Crippen molar-refractivity contribution in [2.24, 2.45) is 5.92 Å². The van der Waals surface area contributed by atoms with Crippen LogP contribution in [0.2, 0.25) is 0 Å². The number of nitrogens with zero attached hydrogens (tertiary/aromatic N) is 5. The highest BCUT2D eigenvalue weighted by Gasteiger charge is 2.26. The third-order valence-corrected chi connectivity index (χ3v) is 5.30. The monoisotopic (exact) mass is 366 g/mol. The van der Waals surface area contributed by atoms with Crippen LogP contribution in [0.25, 0.3) is 0 Å². The molecule has 27 heavy (non-hydrogen) atoms. The summed E-state index contributed by atoms with van der Waals surface area (Å²) in [6, 6.07) is 3.81. The maximum Gasteiger partial charge on any atom is 0.227 e. The summed E-state index contributed by atoms with van der Waals surface area (Å²) in [5.41, 5.74) is 2.40. The van der Waals surface area contributed by atoms with Gasteiger partial charge < -0.3 is 10.2 Å². The molecule has 0 radical (unpaired) electrons. The SMILES string of the molecule is O=C(CC1=CCCCC1)N1Cc2ccnn2CC(CNc2ncccn2)C1. The fraction of sp³-hybridized carbons (Fsp3) is 0.500. The maximum atomic E-state index is 13.0. The lowest BCUT2D eigenvalue weighted by Gasteiger charge is -2.25. The van der Waals surface area contributed by atoms with Crippen LogP contribution in [-0.4, -0.2) is 43.6 Å². The molecule has 7 heteroatoms. The van der Waals surface area contributed by atoms with Crippen molar-refractivity contribution in [2.75, 3.05) is 18.4 Å². The van der Waals surface area contributed by atoms with Crippen LogP contribution in [0.5, 0.6) is 0 Å². The molecule has 0 saturated carbocycles. The highest BCUT2D eigenvalue weighted by atomic mass is 16.2. The number of allylic oxidation sites excluding steroid dienone is 1. The van der Waals surface area contributed by atoms with Crippen molar-refractivity contribution >= 4 is 11.9 Å². The van der Waals surface area contributed by atoms with Crippen molar-refractivity contribution in [3.8, 4) is 0 Å². The number of fused-ring (bicyclic) bond motifs is 1. The number of hydrogen-bond donors (Lipinski definition) is 1. The molecule has 0 fully saturated rings. The van der Waals surface area contributed by atoms with Crippen LogP contribution in [0, 0.1) is 5.92 Å². The normalized spacial score (nSPS) is 19.8. The second-order valence-electron chi connectivity index (χ2n) is 7.38. The van der Waals surface area contributed by atoms with Crippen LogP contribution in [0.4, 0.5) is 5.95 Å². The Morgan fingerprint density at radius 3 is 2.89 bits per heavy atom. The van der Waals surface area contributed by atoms with E-state index >= 15 is 0 Å². The van der Waals surface area contributed by atoms with E-state index in [-0.39, 0.29) is 11.8 Å². The first kappa shape index (κ1) is 17.7. The zero-order chi connectivity index (χ0) is 18.5. The number of amides is 1. The molecule has 0 aromatic carbocycles. The van der Waals surface area contributed by atoms with Gasteiger partial charge in [0.15, 0.2) is 0 Å². The van der Waals surface area contributed by atoms with Gasteiger partial charge in [-0.05, 0) is 37.8 Å². The summed E-state index contributed by atoms with van der Waals surface area (Å²) in [7, 11) is 0. The Bertz CT molecular complexity index is 800. The van der Waals surface area contributed by atoms with E-state index in [1.165, 1.54) is 18.4 Å². The molecule has 2 aromatic heterocycles. The molecule has 2 aromatic rings. The van der Waals surface area contributed by atoms with E-state index in [0.717, 1.165) is 31.6 Å². The zero-order valence-corrected chi connectivity index (χ0v) is 15.5. The van der Waals surface area contributed by atoms with Crippen molar-refractivity contribution in [1.29, 1.82) is 0 Å². The van der Waals surface area contributed by atoms with Crippen LogP contribution in [-0.2, 0) is 17.9 Å². The first-order valence-corrected chi connectivity index (χ1v) is 9.75. The van der Waals surface area contributed by atoms with Gasteiger partial charge in [-0.15, -0.1) is 0 Å². The lowest BCUT2D eigenvalue weighted by molar-refractivity contribution is -0.131. The Morgan fingerprint density at radius 2 is 2.07 bits per heavy atom. The highest BCUT2D eigenvalue weighted by molar-refractivity contribution is 5.78. The van der Waals surface area contributed by atoms with E-state index in [1.807, 2.05) is 21.8 Å².